The van der Waals surface area contributed by atoms with Gasteiger partial charge in [0.2, 0.25) is 0 Å². The van der Waals surface area contributed by atoms with Crippen LogP contribution in [0.4, 0.5) is 10.1 Å². The first-order chi connectivity index (χ1) is 15.0. The molecule has 1 heterocycles. The van der Waals surface area contributed by atoms with Crippen LogP contribution in [0.3, 0.4) is 0 Å². The first kappa shape index (κ1) is 20.7. The number of ether oxygens (including phenoxy) is 1. The van der Waals surface area contributed by atoms with Crippen LogP contribution in [0.25, 0.3) is 6.08 Å². The molecule has 5 nitrogen and oxygen atoms in total. The van der Waals surface area contributed by atoms with Gasteiger partial charge >= 0.3 is 5.97 Å². The molecular formula is C24H16BrFN2O3. The van der Waals surface area contributed by atoms with Crippen LogP contribution in [0.2, 0.25) is 0 Å². The summed E-state index contributed by atoms with van der Waals surface area (Å²) < 4.78 is 18.9. The lowest BCUT2D eigenvalue weighted by Crippen LogP contribution is -2.32. The molecule has 0 aliphatic carbocycles. The maximum Gasteiger partial charge on any atom is 0.337 e. The second-order valence-corrected chi connectivity index (χ2v) is 7.62. The van der Waals surface area contributed by atoms with Gasteiger partial charge in [0, 0.05) is 10.0 Å². The number of esters is 1. The Labute approximate surface area is 186 Å². The van der Waals surface area contributed by atoms with Gasteiger partial charge in [-0.25, -0.2) is 14.2 Å². The number of hydrogen-bond acceptors (Lipinski definition) is 4. The number of aliphatic imine (C=N–C) groups is 1. The van der Waals surface area contributed by atoms with Crippen LogP contribution in [0.1, 0.15) is 21.5 Å². The maximum atomic E-state index is 13.4. The molecule has 154 valence electrons. The Bertz CT molecular complexity index is 1220. The van der Waals surface area contributed by atoms with Crippen molar-refractivity contribution in [1.29, 1.82) is 0 Å². The molecule has 0 aromatic heterocycles. The molecule has 3 aromatic rings. The molecule has 0 bridgehead atoms. The number of halogens is 2. The summed E-state index contributed by atoms with van der Waals surface area (Å²) in [6.07, 6.45) is 1.64. The smallest absolute Gasteiger partial charge is 0.337 e. The van der Waals surface area contributed by atoms with Crippen molar-refractivity contribution in [2.45, 2.75) is 0 Å². The predicted molar refractivity (Wildman–Crippen MR) is 120 cm³/mol. The second-order valence-electron chi connectivity index (χ2n) is 6.71. The number of rotatable bonds is 4. The first-order valence-corrected chi connectivity index (χ1v) is 10.1. The lowest BCUT2D eigenvalue weighted by atomic mass is 10.1. The molecule has 1 aliphatic heterocycles. The number of amidine groups is 1. The van der Waals surface area contributed by atoms with Crippen molar-refractivity contribution in [3.63, 3.8) is 0 Å². The Hall–Kier alpha value is -3.58. The zero-order valence-corrected chi connectivity index (χ0v) is 18.0. The number of amides is 1. The summed E-state index contributed by atoms with van der Waals surface area (Å²) in [6, 6.07) is 19.8. The van der Waals surface area contributed by atoms with E-state index in [1.165, 1.54) is 24.1 Å². The lowest BCUT2D eigenvalue weighted by molar-refractivity contribution is -0.113. The molecule has 0 spiro atoms. The summed E-state index contributed by atoms with van der Waals surface area (Å²) in [4.78, 5) is 30.9. The molecule has 0 fully saturated rings. The van der Waals surface area contributed by atoms with Crippen molar-refractivity contribution in [3.05, 3.63) is 105 Å². The van der Waals surface area contributed by atoms with Gasteiger partial charge in [-0.1, -0.05) is 34.1 Å². The number of methoxy groups -OCH3 is 1. The van der Waals surface area contributed by atoms with Crippen LogP contribution in [0, 0.1) is 5.82 Å². The Morgan fingerprint density at radius 1 is 1.06 bits per heavy atom. The molecule has 4 rings (SSSR count). The van der Waals surface area contributed by atoms with Crippen LogP contribution < -0.4 is 4.90 Å². The fraction of sp³-hybridized carbons (Fsp3) is 0.0417. The predicted octanol–water partition coefficient (Wildman–Crippen LogP) is 5.21. The maximum absolute atomic E-state index is 13.4. The topological polar surface area (TPSA) is 59.0 Å². The fourth-order valence-corrected chi connectivity index (χ4v) is 3.54. The summed E-state index contributed by atoms with van der Waals surface area (Å²) in [7, 11) is 1.32. The summed E-state index contributed by atoms with van der Waals surface area (Å²) in [5.74, 6) is -0.715. The molecule has 1 amide bonds. The average Bonchev–Trinajstić information content (AvgIpc) is 3.10. The summed E-state index contributed by atoms with van der Waals surface area (Å²) in [5.41, 5.74) is 2.58. The molecule has 7 heteroatoms. The average molecular weight is 479 g/mol. The van der Waals surface area contributed by atoms with E-state index in [1.807, 2.05) is 18.2 Å². The molecule has 0 atom stereocenters. The standard InChI is InChI=1S/C24H16BrFN2O3/c1-31-24(30)17-7-5-15(6-8-17)13-21-23(29)28(20-4-2-3-18(25)14-20)22(27-21)16-9-11-19(26)12-10-16/h2-14H,1H3/b21-13+. The van der Waals surface area contributed by atoms with Gasteiger partial charge in [-0.15, -0.1) is 0 Å². The number of hydrogen-bond donors (Lipinski definition) is 0. The summed E-state index contributed by atoms with van der Waals surface area (Å²) >= 11 is 3.43. The van der Waals surface area contributed by atoms with Crippen LogP contribution in [0.5, 0.6) is 0 Å². The highest BCUT2D eigenvalue weighted by Crippen LogP contribution is 2.29. The van der Waals surface area contributed by atoms with Crippen molar-refractivity contribution in [2.75, 3.05) is 12.0 Å². The van der Waals surface area contributed by atoms with E-state index in [0.717, 1.165) is 4.47 Å². The molecule has 0 N–H and O–H groups in total. The van der Waals surface area contributed by atoms with Crippen molar-refractivity contribution >= 4 is 45.4 Å². The second kappa shape index (κ2) is 8.65. The molecule has 0 radical (unpaired) electrons. The van der Waals surface area contributed by atoms with Gasteiger partial charge in [-0.05, 0) is 66.2 Å². The largest absolute Gasteiger partial charge is 0.465 e. The molecule has 0 saturated carbocycles. The zero-order chi connectivity index (χ0) is 22.0. The van der Waals surface area contributed by atoms with E-state index >= 15 is 0 Å². The molecule has 3 aromatic carbocycles. The third-order valence-corrected chi connectivity index (χ3v) is 5.16. The van der Waals surface area contributed by atoms with Gasteiger partial charge in [0.15, 0.2) is 0 Å². The van der Waals surface area contributed by atoms with E-state index in [-0.39, 0.29) is 17.4 Å². The Kier molecular flexibility index (Phi) is 5.77. The minimum absolute atomic E-state index is 0.227. The van der Waals surface area contributed by atoms with E-state index < -0.39 is 5.97 Å². The Morgan fingerprint density at radius 3 is 2.42 bits per heavy atom. The quantitative estimate of drug-likeness (QED) is 0.382. The molecular weight excluding hydrogens is 463 g/mol. The number of carbonyl (C=O) groups is 2. The SMILES string of the molecule is COC(=O)c1ccc(/C=C2/N=C(c3ccc(F)cc3)N(c3cccc(Br)c3)C2=O)cc1. The number of anilines is 1. The number of carbonyl (C=O) groups excluding carboxylic acids is 2. The van der Waals surface area contributed by atoms with Gasteiger partial charge < -0.3 is 4.74 Å². The van der Waals surface area contributed by atoms with Crippen LogP contribution >= 0.6 is 15.9 Å². The van der Waals surface area contributed by atoms with Crippen molar-refractivity contribution < 1.29 is 18.7 Å². The Balaban J connectivity index is 1.76. The third-order valence-electron chi connectivity index (χ3n) is 4.66. The van der Waals surface area contributed by atoms with Gasteiger partial charge in [0.05, 0.1) is 18.4 Å². The Morgan fingerprint density at radius 2 is 1.77 bits per heavy atom. The van der Waals surface area contributed by atoms with Gasteiger partial charge in [-0.2, -0.15) is 0 Å². The highest BCUT2D eigenvalue weighted by molar-refractivity contribution is 9.10. The van der Waals surface area contributed by atoms with E-state index in [0.29, 0.717) is 28.2 Å². The van der Waals surface area contributed by atoms with Gasteiger partial charge in [0.1, 0.15) is 17.3 Å². The highest BCUT2D eigenvalue weighted by Gasteiger charge is 2.32. The summed E-state index contributed by atoms with van der Waals surface area (Å²) in [6.45, 7) is 0. The molecule has 31 heavy (non-hydrogen) atoms. The third kappa shape index (κ3) is 4.32. The van der Waals surface area contributed by atoms with E-state index in [1.54, 1.807) is 48.5 Å². The minimum atomic E-state index is -0.436. The zero-order valence-electron chi connectivity index (χ0n) is 16.4. The normalized spacial score (nSPS) is 14.7. The molecule has 0 saturated heterocycles. The molecule has 0 unspecified atom stereocenters. The van der Waals surface area contributed by atoms with Crippen molar-refractivity contribution in [2.24, 2.45) is 4.99 Å². The number of nitrogens with zero attached hydrogens (tertiary/aromatic N) is 2. The fourth-order valence-electron chi connectivity index (χ4n) is 3.16. The number of benzene rings is 3. The molecule has 1 aliphatic rings. The van der Waals surface area contributed by atoms with E-state index in [9.17, 15) is 14.0 Å². The van der Waals surface area contributed by atoms with Crippen LogP contribution in [-0.4, -0.2) is 24.8 Å². The summed E-state index contributed by atoms with van der Waals surface area (Å²) in [5, 5.41) is 0. The van der Waals surface area contributed by atoms with Crippen molar-refractivity contribution in [3.8, 4) is 0 Å². The van der Waals surface area contributed by atoms with Crippen LogP contribution in [-0.2, 0) is 9.53 Å². The van der Waals surface area contributed by atoms with Crippen molar-refractivity contribution in [1.82, 2.24) is 0 Å². The van der Waals surface area contributed by atoms with E-state index in [2.05, 4.69) is 20.9 Å². The lowest BCUT2D eigenvalue weighted by Gasteiger charge is -2.18. The van der Waals surface area contributed by atoms with Crippen LogP contribution in [0.15, 0.2) is 88.0 Å². The van der Waals surface area contributed by atoms with E-state index in [4.69, 9.17) is 4.74 Å². The minimum Gasteiger partial charge on any atom is -0.465 e. The first-order valence-electron chi connectivity index (χ1n) is 9.31. The monoisotopic (exact) mass is 478 g/mol. The highest BCUT2D eigenvalue weighted by atomic mass is 79.9. The van der Waals surface area contributed by atoms with Gasteiger partial charge in [-0.3, -0.25) is 9.69 Å². The van der Waals surface area contributed by atoms with Gasteiger partial charge in [0.25, 0.3) is 5.91 Å².